The van der Waals surface area contributed by atoms with Crippen LogP contribution in [0.15, 0.2) is 12.1 Å². The zero-order valence-electron chi connectivity index (χ0n) is 20.2. The summed E-state index contributed by atoms with van der Waals surface area (Å²) in [6.07, 6.45) is 6.44. The van der Waals surface area contributed by atoms with Gasteiger partial charge >= 0.3 is 12.1 Å². The summed E-state index contributed by atoms with van der Waals surface area (Å²) >= 11 is 0. The van der Waals surface area contributed by atoms with Gasteiger partial charge in [0.1, 0.15) is 11.4 Å². The van der Waals surface area contributed by atoms with E-state index in [0.717, 1.165) is 38.5 Å². The number of hydrogen-bond acceptors (Lipinski definition) is 7. The molecule has 0 bridgehead atoms. The van der Waals surface area contributed by atoms with Gasteiger partial charge in [0.2, 0.25) is 0 Å². The molecule has 1 unspecified atom stereocenters. The molecule has 10 nitrogen and oxygen atoms in total. The van der Waals surface area contributed by atoms with Crippen molar-refractivity contribution in [3.8, 4) is 17.1 Å². The van der Waals surface area contributed by atoms with Crippen LogP contribution in [0.5, 0.6) is 5.75 Å². The fourth-order valence-electron chi connectivity index (χ4n) is 4.14. The van der Waals surface area contributed by atoms with Gasteiger partial charge in [0, 0.05) is 7.05 Å². The second-order valence-electron chi connectivity index (χ2n) is 8.78. The summed E-state index contributed by atoms with van der Waals surface area (Å²) in [5.74, 6) is -0.485. The molecule has 10 heteroatoms. The number of carbonyl (C=O) groups is 2. The SMILES string of the molecule is CCCCCCOC(=O)NCc1c(-c2ccc(O[C@H]3CCCC(C(=O)O)C3)c(C)n2)nnn1C. The van der Waals surface area contributed by atoms with E-state index in [1.165, 1.54) is 0 Å². The van der Waals surface area contributed by atoms with Crippen molar-refractivity contribution in [2.24, 2.45) is 13.0 Å². The first-order valence-electron chi connectivity index (χ1n) is 12.1. The molecule has 0 aromatic carbocycles. The molecule has 3 rings (SSSR count). The quantitative estimate of drug-likeness (QED) is 0.468. The van der Waals surface area contributed by atoms with E-state index in [-0.39, 0.29) is 18.6 Å². The topological polar surface area (TPSA) is 128 Å². The number of aromatic nitrogens is 4. The van der Waals surface area contributed by atoms with Crippen molar-refractivity contribution in [1.29, 1.82) is 0 Å². The van der Waals surface area contributed by atoms with Gasteiger partial charge in [-0.2, -0.15) is 0 Å². The van der Waals surface area contributed by atoms with Crippen LogP contribution in [0.1, 0.15) is 69.7 Å². The Bertz CT molecular complexity index is 977. The van der Waals surface area contributed by atoms with Crippen LogP contribution in [0.4, 0.5) is 4.79 Å². The molecule has 2 N–H and O–H groups in total. The predicted octanol–water partition coefficient (Wildman–Crippen LogP) is 4.01. The monoisotopic (exact) mass is 473 g/mol. The number of amides is 1. The Morgan fingerprint density at radius 2 is 2.06 bits per heavy atom. The molecule has 0 spiro atoms. The molecule has 0 saturated heterocycles. The van der Waals surface area contributed by atoms with Gasteiger partial charge in [-0.15, -0.1) is 5.10 Å². The molecular weight excluding hydrogens is 438 g/mol. The van der Waals surface area contributed by atoms with Gasteiger partial charge in [0.15, 0.2) is 0 Å². The zero-order chi connectivity index (χ0) is 24.5. The maximum atomic E-state index is 12.0. The van der Waals surface area contributed by atoms with Crippen LogP contribution in [-0.4, -0.2) is 49.9 Å². The van der Waals surface area contributed by atoms with E-state index >= 15 is 0 Å². The van der Waals surface area contributed by atoms with E-state index in [0.29, 0.717) is 48.0 Å². The molecule has 2 atom stereocenters. The summed E-state index contributed by atoms with van der Waals surface area (Å²) in [6.45, 7) is 4.60. The van der Waals surface area contributed by atoms with Crippen molar-refractivity contribution in [3.05, 3.63) is 23.5 Å². The van der Waals surface area contributed by atoms with E-state index in [1.807, 2.05) is 13.0 Å². The summed E-state index contributed by atoms with van der Waals surface area (Å²) in [5.41, 5.74) is 2.59. The molecule has 1 saturated carbocycles. The lowest BCUT2D eigenvalue weighted by atomic mass is 9.87. The number of aryl methyl sites for hydroxylation is 2. The van der Waals surface area contributed by atoms with E-state index < -0.39 is 12.1 Å². The molecule has 1 amide bonds. The lowest BCUT2D eigenvalue weighted by Crippen LogP contribution is -2.29. The van der Waals surface area contributed by atoms with Gasteiger partial charge in [0.05, 0.1) is 42.3 Å². The first kappa shape index (κ1) is 25.5. The van der Waals surface area contributed by atoms with Gasteiger partial charge in [0.25, 0.3) is 0 Å². The normalized spacial score (nSPS) is 17.9. The van der Waals surface area contributed by atoms with Gasteiger partial charge in [-0.1, -0.05) is 31.4 Å². The minimum atomic E-state index is -0.761. The number of carboxylic acids is 1. The van der Waals surface area contributed by atoms with Crippen molar-refractivity contribution < 1.29 is 24.2 Å². The number of unbranched alkanes of at least 4 members (excludes halogenated alkanes) is 3. The van der Waals surface area contributed by atoms with Crippen LogP contribution in [0.2, 0.25) is 0 Å². The van der Waals surface area contributed by atoms with Crippen LogP contribution >= 0.6 is 0 Å². The number of carboxylic acid groups (broad SMARTS) is 1. The Labute approximate surface area is 200 Å². The summed E-state index contributed by atoms with van der Waals surface area (Å²) in [4.78, 5) is 28.0. The molecule has 34 heavy (non-hydrogen) atoms. The van der Waals surface area contributed by atoms with Crippen LogP contribution in [-0.2, 0) is 23.1 Å². The Balaban J connectivity index is 1.60. The average molecular weight is 474 g/mol. The van der Waals surface area contributed by atoms with Crippen LogP contribution < -0.4 is 10.1 Å². The standard InChI is InChI=1S/C24H35N5O5/c1-4-5-6-7-13-33-24(32)25-15-20-22(27-28-29(20)3)19-11-12-21(16(2)26-19)34-18-10-8-9-17(14-18)23(30)31/h11-12,17-18H,4-10,13-15H2,1-3H3,(H,25,32)(H,30,31)/t17?,18-/m0/s1. The molecule has 0 aliphatic heterocycles. The summed E-state index contributed by atoms with van der Waals surface area (Å²) in [5, 5.41) is 20.4. The first-order valence-corrected chi connectivity index (χ1v) is 12.1. The largest absolute Gasteiger partial charge is 0.489 e. The molecule has 2 aromatic rings. The Kier molecular flexibility index (Phi) is 9.24. The maximum Gasteiger partial charge on any atom is 0.407 e. The van der Waals surface area contributed by atoms with Crippen molar-refractivity contribution >= 4 is 12.1 Å². The number of pyridine rings is 1. The number of hydrogen-bond donors (Lipinski definition) is 2. The Morgan fingerprint density at radius 1 is 1.24 bits per heavy atom. The van der Waals surface area contributed by atoms with E-state index in [1.54, 1.807) is 17.8 Å². The number of ether oxygens (including phenoxy) is 2. The summed E-state index contributed by atoms with van der Waals surface area (Å²) in [7, 11) is 1.76. The van der Waals surface area contributed by atoms with Crippen LogP contribution in [0, 0.1) is 12.8 Å². The highest BCUT2D eigenvalue weighted by Crippen LogP contribution is 2.30. The Hall–Kier alpha value is -3.17. The zero-order valence-corrected chi connectivity index (χ0v) is 20.2. The molecule has 186 valence electrons. The van der Waals surface area contributed by atoms with Crippen molar-refractivity contribution in [3.63, 3.8) is 0 Å². The minimum absolute atomic E-state index is 0.134. The van der Waals surface area contributed by atoms with Crippen LogP contribution in [0.25, 0.3) is 11.4 Å². The number of nitrogens with one attached hydrogen (secondary N) is 1. The van der Waals surface area contributed by atoms with E-state index in [9.17, 15) is 14.7 Å². The number of carbonyl (C=O) groups excluding carboxylic acids is 1. The molecule has 1 aliphatic carbocycles. The fraction of sp³-hybridized carbons (Fsp3) is 0.625. The molecule has 2 heterocycles. The van der Waals surface area contributed by atoms with E-state index in [4.69, 9.17) is 9.47 Å². The molecule has 1 fully saturated rings. The summed E-state index contributed by atoms with van der Waals surface area (Å²) < 4.78 is 12.9. The average Bonchev–Trinajstić information content (AvgIpc) is 3.19. The summed E-state index contributed by atoms with van der Waals surface area (Å²) in [6, 6.07) is 3.64. The second kappa shape index (κ2) is 12.3. The van der Waals surface area contributed by atoms with Gasteiger partial charge in [-0.05, 0) is 51.2 Å². The maximum absolute atomic E-state index is 12.0. The number of aliphatic carboxylic acids is 1. The lowest BCUT2D eigenvalue weighted by Gasteiger charge is -2.27. The molecule has 0 radical (unpaired) electrons. The minimum Gasteiger partial charge on any atom is -0.489 e. The lowest BCUT2D eigenvalue weighted by molar-refractivity contribution is -0.143. The van der Waals surface area contributed by atoms with Crippen LogP contribution in [0.3, 0.4) is 0 Å². The van der Waals surface area contributed by atoms with Crippen molar-refractivity contribution in [1.82, 2.24) is 25.3 Å². The first-order chi connectivity index (χ1) is 16.4. The predicted molar refractivity (Wildman–Crippen MR) is 125 cm³/mol. The Morgan fingerprint density at radius 3 is 2.79 bits per heavy atom. The number of nitrogens with zero attached hydrogens (tertiary/aromatic N) is 4. The molecule has 1 aliphatic rings. The third-order valence-corrected chi connectivity index (χ3v) is 6.12. The fourth-order valence-corrected chi connectivity index (χ4v) is 4.14. The number of rotatable bonds is 11. The smallest absolute Gasteiger partial charge is 0.407 e. The third-order valence-electron chi connectivity index (χ3n) is 6.12. The van der Waals surface area contributed by atoms with E-state index in [2.05, 4.69) is 27.5 Å². The molecule has 2 aromatic heterocycles. The van der Waals surface area contributed by atoms with Crippen molar-refractivity contribution in [2.75, 3.05) is 6.61 Å². The third kappa shape index (κ3) is 6.91. The van der Waals surface area contributed by atoms with Gasteiger partial charge < -0.3 is 19.9 Å². The molecular formula is C24H35N5O5. The van der Waals surface area contributed by atoms with Gasteiger partial charge in [-0.3, -0.25) is 4.79 Å². The van der Waals surface area contributed by atoms with Gasteiger partial charge in [-0.25, -0.2) is 14.5 Å². The van der Waals surface area contributed by atoms with Crippen molar-refractivity contribution in [2.45, 2.75) is 77.9 Å². The highest BCUT2D eigenvalue weighted by atomic mass is 16.5. The highest BCUT2D eigenvalue weighted by molar-refractivity contribution is 5.70. The number of alkyl carbamates (subject to hydrolysis) is 1. The second-order valence-corrected chi connectivity index (χ2v) is 8.78. The highest BCUT2D eigenvalue weighted by Gasteiger charge is 2.28.